The summed E-state index contributed by atoms with van der Waals surface area (Å²) in [7, 11) is 0. The molecular formula is C16H12N4O2. The molecule has 0 aliphatic carbocycles. The summed E-state index contributed by atoms with van der Waals surface area (Å²) in [4.78, 5) is 15.0. The quantitative estimate of drug-likeness (QED) is 0.501. The van der Waals surface area contributed by atoms with E-state index < -0.39 is 0 Å². The first-order valence-corrected chi connectivity index (χ1v) is 6.74. The smallest absolute Gasteiger partial charge is 0.261 e. The van der Waals surface area contributed by atoms with E-state index in [0.717, 1.165) is 11.1 Å². The van der Waals surface area contributed by atoms with Crippen molar-refractivity contribution in [3.63, 3.8) is 0 Å². The highest BCUT2D eigenvalue weighted by Crippen LogP contribution is 2.27. The SMILES string of the molecule is Nc1c2c(=O)[nH]c3cc(O)ccc3c2nn1-c1ccccc1. The number of hydrogen-bond acceptors (Lipinski definition) is 4. The summed E-state index contributed by atoms with van der Waals surface area (Å²) in [6, 6.07) is 14.1. The maximum absolute atomic E-state index is 12.3. The molecule has 4 aromatic rings. The number of fused-ring (bicyclic) bond motifs is 3. The molecule has 0 saturated carbocycles. The van der Waals surface area contributed by atoms with E-state index in [0.29, 0.717) is 16.4 Å². The van der Waals surface area contributed by atoms with Crippen molar-refractivity contribution in [1.29, 1.82) is 0 Å². The second kappa shape index (κ2) is 4.36. The molecule has 108 valence electrons. The van der Waals surface area contributed by atoms with Crippen molar-refractivity contribution in [2.45, 2.75) is 0 Å². The van der Waals surface area contributed by atoms with Gasteiger partial charge in [-0.3, -0.25) is 4.79 Å². The van der Waals surface area contributed by atoms with Crippen LogP contribution in [0.3, 0.4) is 0 Å². The van der Waals surface area contributed by atoms with Gasteiger partial charge in [-0.2, -0.15) is 5.10 Å². The number of pyridine rings is 1. The van der Waals surface area contributed by atoms with E-state index in [-0.39, 0.29) is 17.1 Å². The number of nitrogens with one attached hydrogen (secondary N) is 1. The van der Waals surface area contributed by atoms with Crippen LogP contribution in [0, 0.1) is 0 Å². The summed E-state index contributed by atoms with van der Waals surface area (Å²) in [6.45, 7) is 0. The van der Waals surface area contributed by atoms with Crippen LogP contribution < -0.4 is 11.3 Å². The zero-order chi connectivity index (χ0) is 15.3. The molecule has 2 aromatic heterocycles. The molecule has 4 N–H and O–H groups in total. The number of aromatic nitrogens is 3. The molecule has 2 aromatic carbocycles. The highest BCUT2D eigenvalue weighted by molar-refractivity contribution is 6.07. The zero-order valence-electron chi connectivity index (χ0n) is 11.4. The fourth-order valence-electron chi connectivity index (χ4n) is 2.64. The summed E-state index contributed by atoms with van der Waals surface area (Å²) in [5, 5.41) is 15.1. The van der Waals surface area contributed by atoms with Gasteiger partial charge in [-0.05, 0) is 24.3 Å². The van der Waals surface area contributed by atoms with E-state index in [9.17, 15) is 9.90 Å². The molecule has 0 atom stereocenters. The topological polar surface area (TPSA) is 96.9 Å². The first-order valence-electron chi connectivity index (χ1n) is 6.74. The Morgan fingerprint density at radius 1 is 1.14 bits per heavy atom. The van der Waals surface area contributed by atoms with Crippen LogP contribution in [0.25, 0.3) is 27.5 Å². The standard InChI is InChI=1S/C16H12N4O2/c17-15-13-14(19-20(15)9-4-2-1-3-5-9)11-7-6-10(21)8-12(11)18-16(13)22/h1-8,21H,17H2,(H,18,22). The van der Waals surface area contributed by atoms with Crippen molar-refractivity contribution in [1.82, 2.24) is 14.8 Å². The van der Waals surface area contributed by atoms with Crippen LogP contribution in [0.4, 0.5) is 5.82 Å². The van der Waals surface area contributed by atoms with Crippen molar-refractivity contribution in [2.75, 3.05) is 5.73 Å². The summed E-state index contributed by atoms with van der Waals surface area (Å²) < 4.78 is 1.55. The average Bonchev–Trinajstić information content (AvgIpc) is 2.86. The van der Waals surface area contributed by atoms with Crippen LogP contribution in [0.15, 0.2) is 53.3 Å². The Kier molecular flexibility index (Phi) is 2.47. The maximum Gasteiger partial charge on any atom is 0.261 e. The van der Waals surface area contributed by atoms with E-state index in [4.69, 9.17) is 5.73 Å². The molecule has 6 heteroatoms. The van der Waals surface area contributed by atoms with Crippen LogP contribution in [0.1, 0.15) is 0 Å². The number of aromatic amines is 1. The molecule has 4 rings (SSSR count). The first kappa shape index (κ1) is 12.5. The van der Waals surface area contributed by atoms with Crippen molar-refractivity contribution in [2.24, 2.45) is 0 Å². The van der Waals surface area contributed by atoms with E-state index >= 15 is 0 Å². The number of aromatic hydroxyl groups is 1. The minimum absolute atomic E-state index is 0.0814. The van der Waals surface area contributed by atoms with Gasteiger partial charge in [0.2, 0.25) is 0 Å². The molecule has 0 aliphatic rings. The van der Waals surface area contributed by atoms with Crippen molar-refractivity contribution in [3.8, 4) is 11.4 Å². The number of benzene rings is 2. The highest BCUT2D eigenvalue weighted by atomic mass is 16.3. The molecular weight excluding hydrogens is 280 g/mol. The van der Waals surface area contributed by atoms with Gasteiger partial charge in [-0.25, -0.2) is 4.68 Å². The second-order valence-corrected chi connectivity index (χ2v) is 5.04. The number of H-pyrrole nitrogens is 1. The maximum atomic E-state index is 12.3. The fraction of sp³-hybridized carbons (Fsp3) is 0. The molecule has 0 saturated heterocycles. The van der Waals surface area contributed by atoms with E-state index in [1.807, 2.05) is 30.3 Å². The number of para-hydroxylation sites is 1. The second-order valence-electron chi connectivity index (χ2n) is 5.04. The Labute approximate surface area is 124 Å². The fourth-order valence-corrected chi connectivity index (χ4v) is 2.64. The predicted octanol–water partition coefficient (Wildman–Crippen LogP) is 2.15. The highest BCUT2D eigenvalue weighted by Gasteiger charge is 2.16. The first-order chi connectivity index (χ1) is 10.6. The van der Waals surface area contributed by atoms with Crippen LogP contribution in [0.5, 0.6) is 5.75 Å². The third-order valence-corrected chi connectivity index (χ3v) is 3.66. The van der Waals surface area contributed by atoms with Crippen molar-refractivity contribution < 1.29 is 5.11 Å². The van der Waals surface area contributed by atoms with Crippen LogP contribution in [0.2, 0.25) is 0 Å². The van der Waals surface area contributed by atoms with Gasteiger partial charge in [-0.15, -0.1) is 0 Å². The number of hydrogen-bond donors (Lipinski definition) is 3. The minimum atomic E-state index is -0.326. The molecule has 2 heterocycles. The third-order valence-electron chi connectivity index (χ3n) is 3.66. The van der Waals surface area contributed by atoms with Gasteiger partial charge >= 0.3 is 0 Å². The van der Waals surface area contributed by atoms with Crippen LogP contribution in [-0.4, -0.2) is 19.9 Å². The summed E-state index contributed by atoms with van der Waals surface area (Å²) in [5.74, 6) is 0.371. The Morgan fingerprint density at radius 3 is 2.68 bits per heavy atom. The number of nitrogens with two attached hydrogens (primary N) is 1. The van der Waals surface area contributed by atoms with Crippen LogP contribution >= 0.6 is 0 Å². The molecule has 6 nitrogen and oxygen atoms in total. The summed E-state index contributed by atoms with van der Waals surface area (Å²) in [5.41, 5.74) is 7.62. The predicted molar refractivity (Wildman–Crippen MR) is 85.3 cm³/mol. The summed E-state index contributed by atoms with van der Waals surface area (Å²) >= 11 is 0. The van der Waals surface area contributed by atoms with Gasteiger partial charge < -0.3 is 15.8 Å². The lowest BCUT2D eigenvalue weighted by Crippen LogP contribution is -2.08. The lowest BCUT2D eigenvalue weighted by molar-refractivity contribution is 0.476. The van der Waals surface area contributed by atoms with E-state index in [2.05, 4.69) is 10.1 Å². The van der Waals surface area contributed by atoms with E-state index in [1.54, 1.807) is 16.8 Å². The van der Waals surface area contributed by atoms with Crippen molar-refractivity contribution >= 4 is 27.6 Å². The number of rotatable bonds is 1. The summed E-state index contributed by atoms with van der Waals surface area (Å²) in [6.07, 6.45) is 0. The number of nitrogens with zero attached hydrogens (tertiary/aromatic N) is 2. The Morgan fingerprint density at radius 2 is 1.91 bits per heavy atom. The van der Waals surface area contributed by atoms with Gasteiger partial charge in [0, 0.05) is 11.5 Å². The molecule has 0 spiro atoms. The molecule has 0 amide bonds. The van der Waals surface area contributed by atoms with E-state index in [1.165, 1.54) is 6.07 Å². The molecule has 0 fully saturated rings. The lowest BCUT2D eigenvalue weighted by Gasteiger charge is -2.02. The van der Waals surface area contributed by atoms with Crippen LogP contribution in [-0.2, 0) is 0 Å². The Balaban J connectivity index is 2.16. The normalized spacial score (nSPS) is 11.3. The molecule has 0 bridgehead atoms. The third kappa shape index (κ3) is 1.67. The molecule has 22 heavy (non-hydrogen) atoms. The van der Waals surface area contributed by atoms with Gasteiger partial charge in [0.15, 0.2) is 0 Å². The zero-order valence-corrected chi connectivity index (χ0v) is 11.4. The minimum Gasteiger partial charge on any atom is -0.508 e. The largest absolute Gasteiger partial charge is 0.508 e. The number of nitrogen functional groups attached to an aromatic ring is 1. The van der Waals surface area contributed by atoms with Gasteiger partial charge in [0.25, 0.3) is 5.56 Å². The Bertz CT molecular complexity index is 1060. The number of phenols is 1. The van der Waals surface area contributed by atoms with Gasteiger partial charge in [0.05, 0.1) is 11.2 Å². The van der Waals surface area contributed by atoms with Gasteiger partial charge in [-0.1, -0.05) is 18.2 Å². The lowest BCUT2D eigenvalue weighted by atomic mass is 10.1. The Hall–Kier alpha value is -3.28. The average molecular weight is 292 g/mol. The molecule has 0 unspecified atom stereocenters. The number of phenolic OH excluding ortho intramolecular Hbond substituents is 1. The van der Waals surface area contributed by atoms with Crippen molar-refractivity contribution in [3.05, 3.63) is 58.9 Å². The monoisotopic (exact) mass is 292 g/mol. The van der Waals surface area contributed by atoms with Gasteiger partial charge in [0.1, 0.15) is 22.5 Å². The number of anilines is 1. The molecule has 0 radical (unpaired) electrons. The molecule has 0 aliphatic heterocycles.